The highest BCUT2D eigenvalue weighted by Crippen LogP contribution is 2.34. The van der Waals surface area contributed by atoms with Crippen LogP contribution in [0.4, 0.5) is 14.5 Å². The van der Waals surface area contributed by atoms with Gasteiger partial charge in [0.1, 0.15) is 5.82 Å². The number of imidazole rings is 1. The van der Waals surface area contributed by atoms with Gasteiger partial charge in [-0.2, -0.15) is 0 Å². The summed E-state index contributed by atoms with van der Waals surface area (Å²) in [4.78, 5) is 4.77. The molecule has 1 heterocycles. The molecule has 1 aliphatic carbocycles. The van der Waals surface area contributed by atoms with Gasteiger partial charge in [-0.3, -0.25) is 0 Å². The maximum atomic E-state index is 12.6. The van der Waals surface area contributed by atoms with Crippen LogP contribution in [0.3, 0.4) is 0 Å². The van der Waals surface area contributed by atoms with Crippen LogP contribution in [0, 0.1) is 5.92 Å². The number of alkyl halides is 2. The number of benzene rings is 1. The molecule has 1 N–H and O–H groups in total. The Morgan fingerprint density at radius 2 is 1.87 bits per heavy atom. The Balaban J connectivity index is 0.000000318. The topological polar surface area (TPSA) is 29.9 Å². The molecule has 1 aromatic heterocycles. The zero-order valence-electron chi connectivity index (χ0n) is 20.1. The molecule has 1 aliphatic rings. The van der Waals surface area contributed by atoms with Crippen molar-refractivity contribution in [3.63, 3.8) is 0 Å². The van der Waals surface area contributed by atoms with Crippen LogP contribution in [0.5, 0.6) is 0 Å². The normalized spacial score (nSPS) is 18.5. The van der Waals surface area contributed by atoms with E-state index in [1.165, 1.54) is 5.52 Å². The highest BCUT2D eigenvalue weighted by molar-refractivity contribution is 8.00. The van der Waals surface area contributed by atoms with Crippen molar-refractivity contribution in [2.45, 2.75) is 91.9 Å². The van der Waals surface area contributed by atoms with Crippen LogP contribution in [0.15, 0.2) is 18.2 Å². The summed E-state index contributed by atoms with van der Waals surface area (Å²) < 4.78 is 30.8. The second kappa shape index (κ2) is 11.9. The minimum atomic E-state index is -2.36. The van der Waals surface area contributed by atoms with Gasteiger partial charge in [-0.25, -0.2) is 13.8 Å². The molecule has 1 fully saturated rings. The maximum Gasteiger partial charge on any atom is 0.248 e. The highest BCUT2D eigenvalue weighted by atomic mass is 32.2. The molecule has 30 heavy (non-hydrogen) atoms. The average molecular weight is 442 g/mol. The average Bonchev–Trinajstić information content (AvgIpc) is 2.94. The zero-order valence-corrected chi connectivity index (χ0v) is 20.9. The Bertz CT molecular complexity index is 766. The van der Waals surface area contributed by atoms with Gasteiger partial charge in [0.2, 0.25) is 5.92 Å². The van der Waals surface area contributed by atoms with Crippen molar-refractivity contribution >= 4 is 28.7 Å². The Hall–Kier alpha value is -1.30. The first-order chi connectivity index (χ1) is 14.0. The van der Waals surface area contributed by atoms with Crippen LogP contribution in [0.1, 0.15) is 86.4 Å². The third kappa shape index (κ3) is 8.09. The molecule has 3 nitrogen and oxygen atoms in total. The first kappa shape index (κ1) is 26.7. The summed E-state index contributed by atoms with van der Waals surface area (Å²) in [5.41, 5.74) is 3.43. The molecule has 2 aromatic rings. The lowest BCUT2D eigenvalue weighted by Crippen LogP contribution is -2.17. The van der Waals surface area contributed by atoms with Gasteiger partial charge in [0, 0.05) is 36.7 Å². The Morgan fingerprint density at radius 1 is 1.20 bits per heavy atom. The van der Waals surface area contributed by atoms with Crippen molar-refractivity contribution in [2.75, 3.05) is 10.5 Å². The van der Waals surface area contributed by atoms with Crippen LogP contribution < -0.4 is 4.72 Å². The van der Waals surface area contributed by atoms with Gasteiger partial charge in [-0.15, -0.1) is 0 Å². The van der Waals surface area contributed by atoms with Crippen molar-refractivity contribution in [1.82, 2.24) is 9.55 Å². The Kier molecular flexibility index (Phi) is 10.6. The molecule has 1 atom stereocenters. The van der Waals surface area contributed by atoms with Gasteiger partial charge < -0.3 is 9.29 Å². The van der Waals surface area contributed by atoms with E-state index in [2.05, 4.69) is 69.2 Å². The van der Waals surface area contributed by atoms with E-state index < -0.39 is 5.92 Å². The molecule has 3 rings (SSSR count). The summed E-state index contributed by atoms with van der Waals surface area (Å²) in [5, 5.41) is 0. The fraction of sp³-hybridized carbons (Fsp3) is 0.708. The van der Waals surface area contributed by atoms with Crippen LogP contribution in [-0.4, -0.2) is 21.2 Å². The predicted octanol–water partition coefficient (Wildman–Crippen LogP) is 8.20. The van der Waals surface area contributed by atoms with Crippen molar-refractivity contribution < 1.29 is 8.78 Å². The quantitative estimate of drug-likeness (QED) is 0.384. The number of nitrogens with zero attached hydrogens (tertiary/aromatic N) is 2. The monoisotopic (exact) mass is 441 g/mol. The first-order valence-corrected chi connectivity index (χ1v) is 12.2. The largest absolute Gasteiger partial charge is 0.331 e. The van der Waals surface area contributed by atoms with Crippen LogP contribution >= 0.6 is 11.9 Å². The van der Waals surface area contributed by atoms with Crippen LogP contribution in [-0.2, 0) is 12.5 Å². The highest BCUT2D eigenvalue weighted by Gasteiger charge is 2.30. The minimum absolute atomic E-state index is 0.0690. The van der Waals surface area contributed by atoms with Crippen molar-refractivity contribution in [2.24, 2.45) is 13.0 Å². The molecule has 6 heteroatoms. The van der Waals surface area contributed by atoms with Crippen molar-refractivity contribution in [3.05, 3.63) is 24.0 Å². The molecule has 0 saturated heterocycles. The van der Waals surface area contributed by atoms with Crippen molar-refractivity contribution in [1.29, 1.82) is 0 Å². The van der Waals surface area contributed by atoms with Gasteiger partial charge in [0.15, 0.2) is 0 Å². The van der Waals surface area contributed by atoms with Gasteiger partial charge in [0.05, 0.1) is 11.0 Å². The third-order valence-corrected chi connectivity index (χ3v) is 5.80. The number of aryl methyl sites for hydroxylation is 1. The molecule has 1 saturated carbocycles. The third-order valence-electron chi connectivity index (χ3n) is 5.13. The number of hydrogen-bond donors (Lipinski definition) is 1. The van der Waals surface area contributed by atoms with Gasteiger partial charge in [-0.1, -0.05) is 66.8 Å². The molecule has 1 unspecified atom stereocenters. The lowest BCUT2D eigenvalue weighted by Gasteiger charge is -2.17. The standard InChI is InChI=1S/C14H21N3S.C8H14F2.C2H6/c1-6-18-16-10-7-8-12-11(9-10)15-13(17(12)5)14(2,3)4;1-7-3-2-5-8(9,10)6-4-7;1-2/h7-9,16H,6H2,1-5H3;7H,2-6H2,1H3;1-2H3. The zero-order chi connectivity index (χ0) is 22.9. The molecular formula is C24H41F2N3S. The van der Waals surface area contributed by atoms with E-state index in [9.17, 15) is 8.78 Å². The van der Waals surface area contributed by atoms with Gasteiger partial charge >= 0.3 is 0 Å². The molecule has 1 aromatic carbocycles. The summed E-state index contributed by atoms with van der Waals surface area (Å²) >= 11 is 1.70. The molecule has 0 bridgehead atoms. The predicted molar refractivity (Wildman–Crippen MR) is 130 cm³/mol. The molecule has 0 amide bonds. The van der Waals surface area contributed by atoms with E-state index in [1.54, 1.807) is 11.9 Å². The molecular weight excluding hydrogens is 400 g/mol. The number of hydrogen-bond acceptors (Lipinski definition) is 3. The summed E-state index contributed by atoms with van der Waals surface area (Å²) in [6.45, 7) is 14.8. The van der Waals surface area contributed by atoms with E-state index in [-0.39, 0.29) is 18.3 Å². The van der Waals surface area contributed by atoms with Crippen molar-refractivity contribution in [3.8, 4) is 0 Å². The second-order valence-electron chi connectivity index (χ2n) is 8.88. The van der Waals surface area contributed by atoms with E-state index in [0.29, 0.717) is 18.8 Å². The van der Waals surface area contributed by atoms with Gasteiger partial charge in [-0.05, 0) is 37.0 Å². The number of nitrogens with one attached hydrogen (secondary N) is 1. The fourth-order valence-corrected chi connectivity index (χ4v) is 3.96. The minimum Gasteiger partial charge on any atom is -0.331 e. The number of anilines is 1. The second-order valence-corrected chi connectivity index (χ2v) is 9.95. The summed E-state index contributed by atoms with van der Waals surface area (Å²) in [7, 11) is 2.09. The number of halogens is 2. The SMILES string of the molecule is CC.CC1CCCC(F)(F)CC1.CCSNc1ccc2c(c1)nc(C(C)(C)C)n2C. The van der Waals surface area contributed by atoms with Crippen LogP contribution in [0.2, 0.25) is 0 Å². The van der Waals surface area contributed by atoms with E-state index in [4.69, 9.17) is 4.98 Å². The van der Waals surface area contributed by atoms with E-state index in [1.807, 2.05) is 13.8 Å². The summed E-state index contributed by atoms with van der Waals surface area (Å²) in [6, 6.07) is 6.36. The fourth-order valence-electron chi connectivity index (χ4n) is 3.53. The molecule has 0 radical (unpaired) electrons. The maximum absolute atomic E-state index is 12.6. The number of fused-ring (bicyclic) bond motifs is 1. The summed E-state index contributed by atoms with van der Waals surface area (Å²) in [5.74, 6) is 0.323. The van der Waals surface area contributed by atoms with Crippen LogP contribution in [0.25, 0.3) is 11.0 Å². The first-order valence-electron chi connectivity index (χ1n) is 11.3. The lowest BCUT2D eigenvalue weighted by molar-refractivity contribution is -0.0146. The van der Waals surface area contributed by atoms with E-state index in [0.717, 1.165) is 29.2 Å². The van der Waals surface area contributed by atoms with Gasteiger partial charge in [0.25, 0.3) is 0 Å². The number of rotatable bonds is 3. The summed E-state index contributed by atoms with van der Waals surface area (Å²) in [6.07, 6.45) is 2.60. The Morgan fingerprint density at radius 3 is 2.47 bits per heavy atom. The molecule has 0 spiro atoms. The Labute approximate surface area is 186 Å². The van der Waals surface area contributed by atoms with E-state index >= 15 is 0 Å². The number of aromatic nitrogens is 2. The molecule has 0 aliphatic heterocycles. The lowest BCUT2D eigenvalue weighted by atomic mass is 9.96. The smallest absolute Gasteiger partial charge is 0.248 e. The molecule has 172 valence electrons.